The molecule has 5 aromatic rings. The summed E-state index contributed by atoms with van der Waals surface area (Å²) in [7, 11) is 0. The fourth-order valence-corrected chi connectivity index (χ4v) is 3.44. The Morgan fingerprint density at radius 3 is 2.42 bits per heavy atom. The molecule has 0 radical (unpaired) electrons. The van der Waals surface area contributed by atoms with Crippen molar-refractivity contribution in [2.45, 2.75) is 0 Å². The number of anilines is 3. The number of ether oxygens (including phenoxy) is 1. The van der Waals surface area contributed by atoms with Crippen LogP contribution in [-0.2, 0) is 0 Å². The molecule has 0 amide bonds. The minimum Gasteiger partial charge on any atom is -0.478 e. The van der Waals surface area contributed by atoms with Crippen LogP contribution in [0, 0.1) is 0 Å². The van der Waals surface area contributed by atoms with Gasteiger partial charge < -0.3 is 20.9 Å². The molecule has 0 unspecified atom stereocenters. The maximum absolute atomic E-state index is 11.9. The Morgan fingerprint density at radius 1 is 0.861 bits per heavy atom. The maximum atomic E-state index is 11.9. The smallest absolute Gasteiger partial charge is 0.339 e. The average molecular weight is 477 g/mol. The molecule has 176 valence electrons. The summed E-state index contributed by atoms with van der Waals surface area (Å²) in [5, 5.41) is 21.0. The van der Waals surface area contributed by atoms with Crippen molar-refractivity contribution in [2.75, 3.05) is 11.1 Å². The van der Waals surface area contributed by atoms with Gasteiger partial charge in [-0.1, -0.05) is 30.3 Å². The summed E-state index contributed by atoms with van der Waals surface area (Å²) in [6.45, 7) is 0. The van der Waals surface area contributed by atoms with E-state index in [0.717, 1.165) is 5.56 Å². The number of nitrogens with zero attached hydrogens (tertiary/aromatic N) is 5. The predicted octanol–water partition coefficient (Wildman–Crippen LogP) is 4.81. The van der Waals surface area contributed by atoms with Crippen LogP contribution in [0.15, 0.2) is 91.3 Å². The first kappa shape index (κ1) is 22.4. The molecule has 36 heavy (non-hydrogen) atoms. The first-order valence-electron chi connectivity index (χ1n) is 10.8. The van der Waals surface area contributed by atoms with Crippen LogP contribution >= 0.6 is 0 Å². The van der Waals surface area contributed by atoms with Crippen molar-refractivity contribution in [1.29, 1.82) is 0 Å². The van der Waals surface area contributed by atoms with E-state index in [-0.39, 0.29) is 17.3 Å². The van der Waals surface area contributed by atoms with Crippen molar-refractivity contribution < 1.29 is 14.6 Å². The maximum Gasteiger partial charge on any atom is 0.339 e. The summed E-state index contributed by atoms with van der Waals surface area (Å²) in [6.07, 6.45) is 3.18. The van der Waals surface area contributed by atoms with Gasteiger partial charge in [0.2, 0.25) is 11.8 Å². The summed E-state index contributed by atoms with van der Waals surface area (Å²) < 4.78 is 5.97. The van der Waals surface area contributed by atoms with Crippen molar-refractivity contribution in [1.82, 2.24) is 25.1 Å². The number of nitrogens with one attached hydrogen (secondary N) is 1. The second kappa shape index (κ2) is 9.85. The molecule has 0 aliphatic rings. The molecule has 3 aromatic heterocycles. The number of hydrogen-bond donors (Lipinski definition) is 3. The quantitative estimate of drug-likeness (QED) is 0.298. The van der Waals surface area contributed by atoms with E-state index >= 15 is 0 Å². The third kappa shape index (κ3) is 4.92. The normalized spacial score (nSPS) is 10.6. The molecule has 0 bridgehead atoms. The molecule has 0 fully saturated rings. The Balaban J connectivity index is 1.36. The Kier molecular flexibility index (Phi) is 6.14. The first-order valence-corrected chi connectivity index (χ1v) is 10.8. The number of aromatic carboxylic acids is 1. The molecule has 5 rings (SSSR count). The van der Waals surface area contributed by atoms with Crippen LogP contribution in [0.25, 0.3) is 22.5 Å². The fraction of sp³-hybridized carbons (Fsp3) is 0. The van der Waals surface area contributed by atoms with Gasteiger partial charge in [0, 0.05) is 23.6 Å². The van der Waals surface area contributed by atoms with Crippen LogP contribution in [0.5, 0.6) is 11.6 Å². The van der Waals surface area contributed by atoms with E-state index < -0.39 is 5.97 Å². The number of carboxylic acid groups (broad SMARTS) is 1. The molecule has 0 aliphatic heterocycles. The van der Waals surface area contributed by atoms with Crippen molar-refractivity contribution in [3.05, 3.63) is 96.8 Å². The van der Waals surface area contributed by atoms with Crippen LogP contribution < -0.4 is 15.8 Å². The van der Waals surface area contributed by atoms with Crippen molar-refractivity contribution >= 4 is 23.4 Å². The van der Waals surface area contributed by atoms with Gasteiger partial charge in [0.25, 0.3) is 0 Å². The van der Waals surface area contributed by atoms with Gasteiger partial charge in [0.05, 0.1) is 17.0 Å². The lowest BCUT2D eigenvalue weighted by Crippen LogP contribution is -2.07. The highest BCUT2D eigenvalue weighted by molar-refractivity contribution is 5.95. The summed E-state index contributed by atoms with van der Waals surface area (Å²) in [5.41, 5.74) is 8.82. The van der Waals surface area contributed by atoms with E-state index in [4.69, 9.17) is 10.5 Å². The lowest BCUT2D eigenvalue weighted by Gasteiger charge is -2.12. The molecule has 0 saturated carbocycles. The van der Waals surface area contributed by atoms with Gasteiger partial charge in [0.15, 0.2) is 5.82 Å². The summed E-state index contributed by atoms with van der Waals surface area (Å²) in [4.78, 5) is 24.3. The van der Waals surface area contributed by atoms with Gasteiger partial charge >= 0.3 is 5.97 Å². The van der Waals surface area contributed by atoms with Crippen LogP contribution in [0.1, 0.15) is 10.4 Å². The monoisotopic (exact) mass is 477 g/mol. The van der Waals surface area contributed by atoms with Gasteiger partial charge in [-0.2, -0.15) is 0 Å². The van der Waals surface area contributed by atoms with Crippen LogP contribution in [-0.4, -0.2) is 36.2 Å². The predicted molar refractivity (Wildman–Crippen MR) is 134 cm³/mol. The van der Waals surface area contributed by atoms with E-state index in [1.165, 1.54) is 6.07 Å². The largest absolute Gasteiger partial charge is 0.478 e. The molecule has 4 N–H and O–H groups in total. The van der Waals surface area contributed by atoms with E-state index in [0.29, 0.717) is 34.3 Å². The molecule has 0 spiro atoms. The molecule has 3 heterocycles. The van der Waals surface area contributed by atoms with Crippen LogP contribution in [0.2, 0.25) is 0 Å². The summed E-state index contributed by atoms with van der Waals surface area (Å²) in [6, 6.07) is 23.0. The van der Waals surface area contributed by atoms with Gasteiger partial charge in [-0.15, -0.1) is 10.2 Å². The van der Waals surface area contributed by atoms with Crippen LogP contribution in [0.3, 0.4) is 0 Å². The number of nitrogens with two attached hydrogens (primary N) is 1. The zero-order valence-corrected chi connectivity index (χ0v) is 18.7. The van der Waals surface area contributed by atoms with Gasteiger partial charge in [0.1, 0.15) is 11.3 Å². The van der Waals surface area contributed by atoms with E-state index in [1.807, 2.05) is 36.4 Å². The molecule has 2 aromatic carbocycles. The summed E-state index contributed by atoms with van der Waals surface area (Å²) in [5.74, 6) is 0.0403. The van der Waals surface area contributed by atoms with Crippen molar-refractivity contribution in [2.24, 2.45) is 0 Å². The highest BCUT2D eigenvalue weighted by Gasteiger charge is 2.16. The number of nitrogen functional groups attached to an aromatic ring is 1. The number of carboxylic acids is 1. The highest BCUT2D eigenvalue weighted by atomic mass is 16.5. The topological polar surface area (TPSA) is 149 Å². The third-order valence-electron chi connectivity index (χ3n) is 5.15. The van der Waals surface area contributed by atoms with Crippen LogP contribution in [0.4, 0.5) is 17.5 Å². The van der Waals surface area contributed by atoms with E-state index in [9.17, 15) is 9.90 Å². The van der Waals surface area contributed by atoms with Crippen molar-refractivity contribution in [3.63, 3.8) is 0 Å². The van der Waals surface area contributed by atoms with Gasteiger partial charge in [-0.05, 0) is 48.5 Å². The molecular formula is C26H19N7O3. The number of pyridine rings is 1. The number of hydrogen-bond acceptors (Lipinski definition) is 9. The molecule has 0 aliphatic carbocycles. The lowest BCUT2D eigenvalue weighted by atomic mass is 10.1. The summed E-state index contributed by atoms with van der Waals surface area (Å²) >= 11 is 0. The number of aromatic nitrogens is 5. The third-order valence-corrected chi connectivity index (χ3v) is 5.15. The molecule has 0 saturated heterocycles. The highest BCUT2D eigenvalue weighted by Crippen LogP contribution is 2.31. The number of benzene rings is 2. The zero-order chi connectivity index (χ0) is 24.9. The average Bonchev–Trinajstić information content (AvgIpc) is 2.91. The Hall–Kier alpha value is -5.38. The van der Waals surface area contributed by atoms with E-state index in [1.54, 1.807) is 48.8 Å². The fourth-order valence-electron chi connectivity index (χ4n) is 3.44. The van der Waals surface area contributed by atoms with Gasteiger partial charge in [-0.25, -0.2) is 19.7 Å². The van der Waals surface area contributed by atoms with Crippen molar-refractivity contribution in [3.8, 4) is 34.1 Å². The SMILES string of the molecule is Nc1nccc(-c2cccnc2Oc2ccc(Nc3nnc(-c4ccccc4)cc3C(=O)O)cc2)n1. The minimum atomic E-state index is -1.11. The zero-order valence-electron chi connectivity index (χ0n) is 18.7. The molecular weight excluding hydrogens is 458 g/mol. The standard InChI is InChI=1S/C26H19N7O3/c27-26-29-14-12-21(31-26)19-7-4-13-28-24(19)36-18-10-8-17(9-11-18)30-23-20(25(34)35)15-22(32-33-23)16-5-2-1-3-6-16/h1-15H,(H,30,33)(H,34,35)(H2,27,29,31). The molecule has 10 nitrogen and oxygen atoms in total. The first-order chi connectivity index (χ1) is 17.6. The second-order valence-corrected chi connectivity index (χ2v) is 7.57. The molecule has 0 atom stereocenters. The number of carbonyl (C=O) groups is 1. The van der Waals surface area contributed by atoms with E-state index in [2.05, 4.69) is 30.5 Å². The lowest BCUT2D eigenvalue weighted by molar-refractivity contribution is 0.0697. The minimum absolute atomic E-state index is 0.00595. The Morgan fingerprint density at radius 2 is 1.67 bits per heavy atom. The van der Waals surface area contributed by atoms with Gasteiger partial charge in [-0.3, -0.25) is 0 Å². The Bertz CT molecular complexity index is 1530. The second-order valence-electron chi connectivity index (χ2n) is 7.57. The molecule has 10 heteroatoms. The Labute approximate surface area is 205 Å². The number of rotatable bonds is 7.